The largest absolute Gasteiger partial charge is 0.386 e. The average Bonchev–Trinajstić information content (AvgIpc) is 2.82. The molecule has 0 bridgehead atoms. The molecule has 1 aliphatic rings. The van der Waals surface area contributed by atoms with E-state index >= 15 is 0 Å². The van der Waals surface area contributed by atoms with Crippen molar-refractivity contribution in [2.75, 3.05) is 18.9 Å². The third-order valence-corrected chi connectivity index (χ3v) is 5.25. The lowest BCUT2D eigenvalue weighted by Gasteiger charge is -2.16. The Hall–Kier alpha value is -1.14. The Balaban J connectivity index is 2.09. The summed E-state index contributed by atoms with van der Waals surface area (Å²) in [6.45, 7) is 2.69. The van der Waals surface area contributed by atoms with Gasteiger partial charge in [0.1, 0.15) is 0 Å². The molecule has 5 nitrogen and oxygen atoms in total. The topological polar surface area (TPSA) is 71.1 Å². The maximum atomic E-state index is 12.3. The molecule has 106 valence electrons. The summed E-state index contributed by atoms with van der Waals surface area (Å²) < 4.78 is 27.2. The second-order valence-electron chi connectivity index (χ2n) is 5.13. The highest BCUT2D eigenvalue weighted by molar-refractivity contribution is 7.89. The molecule has 1 heterocycles. The molecule has 0 saturated heterocycles. The zero-order valence-corrected chi connectivity index (χ0v) is 12.2. The minimum atomic E-state index is -3.54. The van der Waals surface area contributed by atoms with Crippen LogP contribution in [0, 0.1) is 11.8 Å². The van der Waals surface area contributed by atoms with Gasteiger partial charge in [-0.1, -0.05) is 19.8 Å². The highest BCUT2D eigenvalue weighted by atomic mass is 32.2. The minimum absolute atomic E-state index is 0.0724. The van der Waals surface area contributed by atoms with Gasteiger partial charge in [0, 0.05) is 19.8 Å². The van der Waals surface area contributed by atoms with Gasteiger partial charge in [-0.15, -0.1) is 0 Å². The molecule has 0 amide bonds. The van der Waals surface area contributed by atoms with Crippen molar-refractivity contribution >= 4 is 15.7 Å². The third-order valence-electron chi connectivity index (χ3n) is 3.87. The van der Waals surface area contributed by atoms with Crippen LogP contribution < -0.4 is 10.0 Å². The first-order valence-corrected chi connectivity index (χ1v) is 8.15. The zero-order chi connectivity index (χ0) is 13.9. The molecule has 1 aromatic rings. The Kier molecular flexibility index (Phi) is 4.42. The van der Waals surface area contributed by atoms with Gasteiger partial charge in [-0.2, -0.15) is 0 Å². The van der Waals surface area contributed by atoms with Crippen LogP contribution in [0.2, 0.25) is 0 Å². The molecule has 1 saturated carbocycles. The highest BCUT2D eigenvalue weighted by Gasteiger charge is 2.26. The van der Waals surface area contributed by atoms with Crippen LogP contribution in [0.5, 0.6) is 0 Å². The summed E-state index contributed by atoms with van der Waals surface area (Å²) in [5, 5.41) is 2.93. The van der Waals surface area contributed by atoms with Gasteiger partial charge in [0.2, 0.25) is 0 Å². The van der Waals surface area contributed by atoms with Crippen molar-refractivity contribution in [2.45, 2.75) is 31.2 Å². The van der Waals surface area contributed by atoms with Crippen molar-refractivity contribution < 1.29 is 8.42 Å². The molecular formula is C13H21N3O2S. The van der Waals surface area contributed by atoms with E-state index in [1.807, 2.05) is 0 Å². The number of hydrogen-bond acceptors (Lipinski definition) is 4. The van der Waals surface area contributed by atoms with E-state index in [0.717, 1.165) is 6.42 Å². The maximum Gasteiger partial charge on any atom is 0.260 e. The molecule has 19 heavy (non-hydrogen) atoms. The van der Waals surface area contributed by atoms with Gasteiger partial charge in [0.25, 0.3) is 10.0 Å². The Labute approximate surface area is 114 Å². The normalized spacial score (nSPS) is 23.5. The molecule has 0 spiro atoms. The molecule has 0 aliphatic heterocycles. The van der Waals surface area contributed by atoms with Gasteiger partial charge in [-0.3, -0.25) is 0 Å². The second-order valence-corrected chi connectivity index (χ2v) is 6.81. The number of sulfonamides is 1. The van der Waals surface area contributed by atoms with Crippen molar-refractivity contribution in [2.24, 2.45) is 11.8 Å². The van der Waals surface area contributed by atoms with Crippen LogP contribution in [0.4, 0.5) is 5.69 Å². The Bertz CT molecular complexity index is 530. The second kappa shape index (κ2) is 5.88. The predicted molar refractivity (Wildman–Crippen MR) is 75.5 cm³/mol. The smallest absolute Gasteiger partial charge is 0.260 e. The van der Waals surface area contributed by atoms with Crippen molar-refractivity contribution in [1.29, 1.82) is 0 Å². The number of nitrogens with zero attached hydrogens (tertiary/aromatic N) is 1. The monoisotopic (exact) mass is 283 g/mol. The first-order chi connectivity index (χ1) is 9.04. The van der Waals surface area contributed by atoms with Crippen LogP contribution in [0.1, 0.15) is 26.2 Å². The van der Waals surface area contributed by atoms with Crippen LogP contribution in [0.3, 0.4) is 0 Å². The summed E-state index contributed by atoms with van der Waals surface area (Å²) in [7, 11) is -1.85. The van der Waals surface area contributed by atoms with Crippen molar-refractivity contribution in [3.05, 3.63) is 18.3 Å². The maximum absolute atomic E-state index is 12.3. The van der Waals surface area contributed by atoms with E-state index in [9.17, 15) is 8.42 Å². The molecule has 1 aromatic heterocycles. The summed E-state index contributed by atoms with van der Waals surface area (Å²) in [5.74, 6) is 1.03. The average molecular weight is 283 g/mol. The van der Waals surface area contributed by atoms with Gasteiger partial charge in [0.05, 0.1) is 5.69 Å². The van der Waals surface area contributed by atoms with Gasteiger partial charge >= 0.3 is 0 Å². The minimum Gasteiger partial charge on any atom is -0.386 e. The Morgan fingerprint density at radius 1 is 1.42 bits per heavy atom. The van der Waals surface area contributed by atoms with Crippen LogP contribution in [-0.4, -0.2) is 27.0 Å². The van der Waals surface area contributed by atoms with E-state index in [2.05, 4.69) is 21.9 Å². The number of rotatable bonds is 5. The zero-order valence-electron chi connectivity index (χ0n) is 11.4. The fourth-order valence-electron chi connectivity index (χ4n) is 2.61. The molecule has 1 aliphatic carbocycles. The van der Waals surface area contributed by atoms with E-state index in [1.165, 1.54) is 19.0 Å². The first kappa shape index (κ1) is 14.3. The number of hydrogen-bond donors (Lipinski definition) is 2. The van der Waals surface area contributed by atoms with Crippen molar-refractivity contribution in [3.63, 3.8) is 0 Å². The molecular weight excluding hydrogens is 262 g/mol. The summed E-state index contributed by atoms with van der Waals surface area (Å²) in [6, 6.07) is 3.42. The third kappa shape index (κ3) is 3.25. The van der Waals surface area contributed by atoms with Crippen LogP contribution in [-0.2, 0) is 10.0 Å². The van der Waals surface area contributed by atoms with Crippen LogP contribution in [0.15, 0.2) is 23.4 Å². The Morgan fingerprint density at radius 2 is 2.21 bits per heavy atom. The van der Waals surface area contributed by atoms with Crippen molar-refractivity contribution in [1.82, 2.24) is 9.71 Å². The summed E-state index contributed by atoms with van der Waals surface area (Å²) in [5.41, 5.74) is 0.523. The van der Waals surface area contributed by atoms with Gasteiger partial charge in [-0.05, 0) is 30.4 Å². The molecule has 2 rings (SSSR count). The number of nitrogens with one attached hydrogen (secondary N) is 2. The molecule has 6 heteroatoms. The number of anilines is 1. The lowest BCUT2D eigenvalue weighted by Crippen LogP contribution is -2.31. The lowest BCUT2D eigenvalue weighted by atomic mass is 9.99. The number of pyridine rings is 1. The predicted octanol–water partition coefficient (Wildman–Crippen LogP) is 1.84. The fourth-order valence-corrected chi connectivity index (χ4v) is 3.84. The van der Waals surface area contributed by atoms with E-state index < -0.39 is 10.0 Å². The molecule has 0 aromatic carbocycles. The van der Waals surface area contributed by atoms with Gasteiger partial charge < -0.3 is 5.32 Å². The molecule has 2 atom stereocenters. The molecule has 0 radical (unpaired) electrons. The summed E-state index contributed by atoms with van der Waals surface area (Å²) in [4.78, 5) is 3.97. The van der Waals surface area contributed by atoms with E-state index in [1.54, 1.807) is 19.2 Å². The first-order valence-electron chi connectivity index (χ1n) is 6.67. The van der Waals surface area contributed by atoms with Gasteiger partial charge in [0.15, 0.2) is 5.03 Å². The van der Waals surface area contributed by atoms with Crippen LogP contribution in [0.25, 0.3) is 0 Å². The summed E-state index contributed by atoms with van der Waals surface area (Å²) in [6.07, 6.45) is 4.98. The Morgan fingerprint density at radius 3 is 2.84 bits per heavy atom. The van der Waals surface area contributed by atoms with E-state index in [-0.39, 0.29) is 5.03 Å². The highest BCUT2D eigenvalue weighted by Crippen LogP contribution is 2.30. The van der Waals surface area contributed by atoms with E-state index in [4.69, 9.17) is 0 Å². The SMILES string of the molecule is CNc1cccnc1S(=O)(=O)NCC1CCCC1C. The lowest BCUT2D eigenvalue weighted by molar-refractivity contribution is 0.414. The standard InChI is InChI=1S/C13H21N3O2S/c1-10-5-3-6-11(10)9-16-19(17,18)13-12(14-2)7-4-8-15-13/h4,7-8,10-11,14,16H,3,5-6,9H2,1-2H3. The van der Waals surface area contributed by atoms with Crippen molar-refractivity contribution in [3.8, 4) is 0 Å². The van der Waals surface area contributed by atoms with E-state index in [0.29, 0.717) is 24.1 Å². The van der Waals surface area contributed by atoms with Crippen LogP contribution >= 0.6 is 0 Å². The molecule has 2 unspecified atom stereocenters. The summed E-state index contributed by atoms with van der Waals surface area (Å²) >= 11 is 0. The van der Waals surface area contributed by atoms with Gasteiger partial charge in [-0.25, -0.2) is 18.1 Å². The number of aromatic nitrogens is 1. The fraction of sp³-hybridized carbons (Fsp3) is 0.615. The molecule has 2 N–H and O–H groups in total. The quantitative estimate of drug-likeness (QED) is 0.865. The molecule has 1 fully saturated rings.